The molecule has 0 saturated carbocycles. The van der Waals surface area contributed by atoms with Crippen molar-refractivity contribution in [1.29, 1.82) is 0 Å². The van der Waals surface area contributed by atoms with E-state index in [9.17, 15) is 0 Å². The van der Waals surface area contributed by atoms with Gasteiger partial charge in [0.15, 0.2) is 0 Å². The van der Waals surface area contributed by atoms with Crippen LogP contribution in [0.25, 0.3) is 11.4 Å². The van der Waals surface area contributed by atoms with E-state index in [2.05, 4.69) is 62.7 Å². The second kappa shape index (κ2) is 13.3. The third kappa shape index (κ3) is 7.36. The molecule has 0 aromatic carbocycles. The van der Waals surface area contributed by atoms with Crippen molar-refractivity contribution in [3.63, 3.8) is 0 Å². The van der Waals surface area contributed by atoms with Crippen LogP contribution >= 0.6 is 11.6 Å². The maximum Gasteiger partial charge on any atom is 0.128 e. The Morgan fingerprint density at radius 3 is 2.33 bits per heavy atom. The quantitative estimate of drug-likeness (QED) is 0.292. The molecule has 0 aliphatic rings. The van der Waals surface area contributed by atoms with Gasteiger partial charge in [0.05, 0.1) is 34.5 Å². The third-order valence-electron chi connectivity index (χ3n) is 4.63. The first kappa shape index (κ1) is 25.9. The fraction of sp³-hybridized carbons (Fsp3) is 0.320. The molecule has 0 unspecified atom stereocenters. The Balaban J connectivity index is 0.00000187. The molecule has 0 saturated heterocycles. The molecule has 3 aromatic rings. The molecule has 0 aliphatic heterocycles. The van der Waals surface area contributed by atoms with Crippen LogP contribution in [0, 0.1) is 0 Å². The van der Waals surface area contributed by atoms with Crippen molar-refractivity contribution in [2.75, 3.05) is 28.6 Å². The van der Waals surface area contributed by atoms with Crippen LogP contribution in [0.2, 0.25) is 5.02 Å². The van der Waals surface area contributed by atoms with Crippen molar-refractivity contribution in [1.82, 2.24) is 20.2 Å². The third-order valence-corrected chi connectivity index (χ3v) is 4.84. The van der Waals surface area contributed by atoms with Gasteiger partial charge < -0.3 is 15.5 Å². The van der Waals surface area contributed by atoms with Gasteiger partial charge in [-0.15, -0.1) is 0 Å². The number of hydrogen-bond donors (Lipinski definition) is 3. The first-order valence-electron chi connectivity index (χ1n) is 11.3. The van der Waals surface area contributed by atoms with Gasteiger partial charge in [-0.05, 0) is 31.0 Å². The summed E-state index contributed by atoms with van der Waals surface area (Å²) in [5.41, 5.74) is 4.42. The molecule has 8 heteroatoms. The molecule has 3 heterocycles. The number of aromatic amines is 1. The van der Waals surface area contributed by atoms with Gasteiger partial charge in [-0.25, -0.2) is 4.98 Å². The summed E-state index contributed by atoms with van der Waals surface area (Å²) in [6.45, 7) is 18.6. The Labute approximate surface area is 202 Å². The zero-order chi connectivity index (χ0) is 24.2. The molecular formula is C25H34ClN7. The summed E-state index contributed by atoms with van der Waals surface area (Å²) in [6.07, 6.45) is 8.95. The van der Waals surface area contributed by atoms with E-state index >= 15 is 0 Å². The van der Waals surface area contributed by atoms with Crippen molar-refractivity contribution >= 4 is 40.2 Å². The zero-order valence-corrected chi connectivity index (χ0v) is 20.7. The van der Waals surface area contributed by atoms with Crippen LogP contribution < -0.4 is 15.5 Å². The summed E-state index contributed by atoms with van der Waals surface area (Å²) in [4.78, 5) is 11.0. The number of H-pyrrole nitrogens is 1. The number of nitrogens with zero attached hydrogens (tertiary/aromatic N) is 4. The minimum atomic E-state index is 0.548. The van der Waals surface area contributed by atoms with Gasteiger partial charge in [0, 0.05) is 36.7 Å². The van der Waals surface area contributed by atoms with Gasteiger partial charge in [-0.2, -0.15) is 5.10 Å². The normalized spacial score (nSPS) is 10.1. The zero-order valence-electron chi connectivity index (χ0n) is 20.0. The molecule has 3 N–H and O–H groups in total. The molecule has 0 amide bonds. The van der Waals surface area contributed by atoms with E-state index in [0.717, 1.165) is 54.4 Å². The van der Waals surface area contributed by atoms with Gasteiger partial charge in [0.25, 0.3) is 0 Å². The first-order chi connectivity index (χ1) is 16.0. The van der Waals surface area contributed by atoms with E-state index in [1.54, 1.807) is 24.7 Å². The van der Waals surface area contributed by atoms with Gasteiger partial charge in [-0.1, -0.05) is 52.5 Å². The lowest BCUT2D eigenvalue weighted by Crippen LogP contribution is -2.25. The van der Waals surface area contributed by atoms with Crippen LogP contribution in [-0.2, 0) is 0 Å². The Morgan fingerprint density at radius 2 is 1.73 bits per heavy atom. The molecule has 176 valence electrons. The lowest BCUT2D eigenvalue weighted by molar-refractivity contribution is 0.734. The number of aromatic nitrogens is 4. The highest BCUT2D eigenvalue weighted by Crippen LogP contribution is 2.26. The molecule has 7 nitrogen and oxygen atoms in total. The molecule has 3 rings (SSSR count). The fourth-order valence-electron chi connectivity index (χ4n) is 3.19. The van der Waals surface area contributed by atoms with Crippen molar-refractivity contribution in [3.05, 3.63) is 72.4 Å². The maximum absolute atomic E-state index is 6.03. The highest BCUT2D eigenvalue weighted by molar-refractivity contribution is 6.30. The molecule has 0 aliphatic carbocycles. The van der Waals surface area contributed by atoms with Gasteiger partial charge in [0.1, 0.15) is 11.5 Å². The van der Waals surface area contributed by atoms with Crippen molar-refractivity contribution < 1.29 is 0 Å². The molecule has 0 spiro atoms. The highest BCUT2D eigenvalue weighted by Gasteiger charge is 2.12. The summed E-state index contributed by atoms with van der Waals surface area (Å²) < 4.78 is 0. The Bertz CT molecular complexity index is 1020. The number of pyridine rings is 2. The monoisotopic (exact) mass is 467 g/mol. The average molecular weight is 468 g/mol. The van der Waals surface area contributed by atoms with Gasteiger partial charge >= 0.3 is 0 Å². The average Bonchev–Trinajstić information content (AvgIpc) is 3.29. The van der Waals surface area contributed by atoms with Crippen LogP contribution in [0.4, 0.5) is 17.2 Å². The topological polar surface area (TPSA) is 81.8 Å². The Morgan fingerprint density at radius 1 is 1.00 bits per heavy atom. The van der Waals surface area contributed by atoms with Crippen LogP contribution in [-0.4, -0.2) is 33.3 Å². The summed E-state index contributed by atoms with van der Waals surface area (Å²) in [7, 11) is 0. The SMILES string of the molecule is C=C(Nc1cn[nH]c1C(=C)Nc1ccc(N(CCC)CCC)nc1)c1cncc(Cl)c1.CC. The minimum Gasteiger partial charge on any atom is -0.357 e. The largest absolute Gasteiger partial charge is 0.357 e. The smallest absolute Gasteiger partial charge is 0.128 e. The first-order valence-corrected chi connectivity index (χ1v) is 11.7. The van der Waals surface area contributed by atoms with E-state index in [0.29, 0.717) is 16.4 Å². The highest BCUT2D eigenvalue weighted by atomic mass is 35.5. The number of rotatable bonds is 11. The van der Waals surface area contributed by atoms with E-state index < -0.39 is 0 Å². The number of nitrogens with one attached hydrogen (secondary N) is 3. The van der Waals surface area contributed by atoms with Crippen LogP contribution in [0.1, 0.15) is 51.8 Å². The number of anilines is 3. The molecule has 0 bridgehead atoms. The molecule has 3 aromatic heterocycles. The van der Waals surface area contributed by atoms with E-state index in [-0.39, 0.29) is 0 Å². The number of halogens is 1. The predicted octanol–water partition coefficient (Wildman–Crippen LogP) is 6.67. The van der Waals surface area contributed by atoms with Gasteiger partial charge in [-0.3, -0.25) is 10.1 Å². The lowest BCUT2D eigenvalue weighted by atomic mass is 10.2. The molecular weight excluding hydrogens is 434 g/mol. The molecule has 33 heavy (non-hydrogen) atoms. The number of hydrogen-bond acceptors (Lipinski definition) is 6. The van der Waals surface area contributed by atoms with E-state index in [1.807, 2.05) is 32.2 Å². The van der Waals surface area contributed by atoms with E-state index in [1.165, 1.54) is 0 Å². The standard InChI is InChI=1S/C23H28ClN7.C2H6/c1-5-9-31(10-6-2)22-8-7-20(14-26-22)28-17(4)23-21(15-27-30-23)29-16(3)18-11-19(24)13-25-12-18;1-2/h7-8,11-15,28-29H,3-6,9-10H2,1-2H3,(H,27,30);1-2H3. The minimum absolute atomic E-state index is 0.548. The maximum atomic E-state index is 6.03. The molecule has 0 radical (unpaired) electrons. The predicted molar refractivity (Wildman–Crippen MR) is 142 cm³/mol. The van der Waals surface area contributed by atoms with Crippen LogP contribution in [0.15, 0.2) is 56.1 Å². The van der Waals surface area contributed by atoms with Crippen molar-refractivity contribution in [2.24, 2.45) is 0 Å². The summed E-state index contributed by atoms with van der Waals surface area (Å²) in [5, 5.41) is 14.2. The van der Waals surface area contributed by atoms with E-state index in [4.69, 9.17) is 11.6 Å². The summed E-state index contributed by atoms with van der Waals surface area (Å²) in [5.74, 6) is 0.982. The van der Waals surface area contributed by atoms with Crippen molar-refractivity contribution in [3.8, 4) is 0 Å². The molecule has 0 fully saturated rings. The Hall–Kier alpha value is -3.32. The summed E-state index contributed by atoms with van der Waals surface area (Å²) in [6, 6.07) is 5.83. The second-order valence-corrected chi connectivity index (χ2v) is 7.59. The van der Waals surface area contributed by atoms with Gasteiger partial charge in [0.2, 0.25) is 0 Å². The Kier molecular flexibility index (Phi) is 10.4. The molecule has 0 atom stereocenters. The van der Waals surface area contributed by atoms with Crippen molar-refractivity contribution in [2.45, 2.75) is 40.5 Å². The van der Waals surface area contributed by atoms with Crippen LogP contribution in [0.3, 0.4) is 0 Å². The summed E-state index contributed by atoms with van der Waals surface area (Å²) >= 11 is 6.03. The lowest BCUT2D eigenvalue weighted by Gasteiger charge is -2.22. The van der Waals surface area contributed by atoms with Crippen LogP contribution in [0.5, 0.6) is 0 Å². The fourth-order valence-corrected chi connectivity index (χ4v) is 3.36. The second-order valence-electron chi connectivity index (χ2n) is 7.15.